The molecule has 0 aliphatic rings. The van der Waals surface area contributed by atoms with Gasteiger partial charge in [-0.05, 0) is 24.3 Å². The fourth-order valence-electron chi connectivity index (χ4n) is 0.447. The number of nitrogens with one attached hydrogen (secondary N) is 2. The molecule has 0 fully saturated rings. The lowest BCUT2D eigenvalue weighted by Crippen LogP contribution is -2.26. The lowest BCUT2D eigenvalue weighted by molar-refractivity contribution is -0.126. The summed E-state index contributed by atoms with van der Waals surface area (Å²) in [6, 6.07) is 0. The zero-order chi connectivity index (χ0) is 18.0. The fraction of sp³-hybridized carbons (Fsp3) is 0. The molecule has 0 saturated carbocycles. The molecule has 4 amide bonds. The first-order valence-electron chi connectivity index (χ1n) is 5.45. The molecule has 0 bridgehead atoms. The van der Waals surface area contributed by atoms with Crippen molar-refractivity contribution in [2.45, 2.75) is 0 Å². The minimum atomic E-state index is -0.514. The van der Waals surface area contributed by atoms with Crippen LogP contribution in [0.1, 0.15) is 0 Å². The third-order valence-corrected chi connectivity index (χ3v) is 1.30. The molecule has 4 N–H and O–H groups in total. The van der Waals surface area contributed by atoms with E-state index in [9.17, 15) is 19.2 Å². The highest BCUT2D eigenvalue weighted by molar-refractivity contribution is 6.05. The minimum Gasteiger partial charge on any atom is -0.512 e. The van der Waals surface area contributed by atoms with E-state index in [1.807, 2.05) is 10.6 Å². The van der Waals surface area contributed by atoms with Crippen molar-refractivity contribution in [3.05, 3.63) is 63.1 Å². The Bertz CT molecular complexity index is 388. The van der Waals surface area contributed by atoms with Gasteiger partial charge in [-0.25, -0.2) is 0 Å². The van der Waals surface area contributed by atoms with Crippen LogP contribution in [-0.4, -0.2) is 33.8 Å². The lowest BCUT2D eigenvalue weighted by atomic mass is 10.5. The van der Waals surface area contributed by atoms with Crippen LogP contribution in [0.5, 0.6) is 0 Å². The van der Waals surface area contributed by atoms with Crippen LogP contribution in [0.4, 0.5) is 0 Å². The predicted octanol–water partition coefficient (Wildman–Crippen LogP) is 0.576. The van der Waals surface area contributed by atoms with Crippen molar-refractivity contribution >= 4 is 23.6 Å². The van der Waals surface area contributed by atoms with Crippen LogP contribution in [0.25, 0.3) is 0 Å². The van der Waals surface area contributed by atoms with E-state index in [1.54, 1.807) is 0 Å². The van der Waals surface area contributed by atoms with Gasteiger partial charge in [-0.3, -0.25) is 29.8 Å². The summed E-state index contributed by atoms with van der Waals surface area (Å²) in [5, 5.41) is 18.8. The molecule has 8 heteroatoms. The number of rotatable bonds is 4. The molecule has 0 atom stereocenters. The van der Waals surface area contributed by atoms with Crippen molar-refractivity contribution in [1.82, 2.24) is 10.6 Å². The summed E-state index contributed by atoms with van der Waals surface area (Å²) in [6.45, 7) is 12.6. The molecule has 0 unspecified atom stereocenters. The summed E-state index contributed by atoms with van der Waals surface area (Å²) in [5.41, 5.74) is 0. The summed E-state index contributed by atoms with van der Waals surface area (Å²) < 4.78 is 0. The Hall–Kier alpha value is -3.42. The molecule has 0 rings (SSSR count). The van der Waals surface area contributed by atoms with Crippen molar-refractivity contribution in [2.24, 2.45) is 0 Å². The molecule has 22 heavy (non-hydrogen) atoms. The molecule has 0 aromatic carbocycles. The zero-order valence-corrected chi connectivity index (χ0v) is 11.8. The summed E-state index contributed by atoms with van der Waals surface area (Å²) in [5.74, 6) is -2.06. The maximum Gasteiger partial charge on any atom is 0.250 e. The molecule has 120 valence electrons. The van der Waals surface area contributed by atoms with Crippen molar-refractivity contribution in [1.29, 1.82) is 0 Å². The van der Waals surface area contributed by atoms with E-state index in [4.69, 9.17) is 10.2 Å². The zero-order valence-electron chi connectivity index (χ0n) is 11.8. The maximum atomic E-state index is 10.3. The van der Waals surface area contributed by atoms with Crippen molar-refractivity contribution in [2.75, 3.05) is 0 Å². The molecule has 0 heterocycles. The Morgan fingerprint density at radius 2 is 0.773 bits per heavy atom. The number of hydrogen-bond donors (Lipinski definition) is 4. The summed E-state index contributed by atoms with van der Waals surface area (Å²) in [6.07, 6.45) is 5.17. The molecular weight excluding hydrogens is 292 g/mol. The van der Waals surface area contributed by atoms with Crippen LogP contribution in [0.2, 0.25) is 0 Å². The maximum absolute atomic E-state index is 10.3. The number of hydrogen-bond acceptors (Lipinski definition) is 6. The van der Waals surface area contributed by atoms with Crippen LogP contribution in [0.3, 0.4) is 0 Å². The van der Waals surface area contributed by atoms with E-state index < -0.39 is 23.6 Å². The summed E-state index contributed by atoms with van der Waals surface area (Å²) in [7, 11) is 0. The third-order valence-electron chi connectivity index (χ3n) is 1.30. The van der Waals surface area contributed by atoms with Crippen LogP contribution in [0, 0.1) is 0 Å². The number of aliphatic hydroxyl groups is 2. The lowest BCUT2D eigenvalue weighted by Gasteiger charge is -1.91. The van der Waals surface area contributed by atoms with Gasteiger partial charge < -0.3 is 10.2 Å². The van der Waals surface area contributed by atoms with Crippen molar-refractivity contribution in [3.8, 4) is 0 Å². The summed E-state index contributed by atoms with van der Waals surface area (Å²) in [4.78, 5) is 41.1. The Balaban J connectivity index is -0.000000266. The van der Waals surface area contributed by atoms with Gasteiger partial charge in [-0.1, -0.05) is 26.3 Å². The summed E-state index contributed by atoms with van der Waals surface area (Å²) >= 11 is 0. The van der Waals surface area contributed by atoms with Gasteiger partial charge in [0.15, 0.2) is 0 Å². The van der Waals surface area contributed by atoms with Crippen LogP contribution < -0.4 is 10.6 Å². The van der Waals surface area contributed by atoms with Gasteiger partial charge in [0, 0.05) is 0 Å². The Morgan fingerprint density at radius 3 is 0.864 bits per heavy atom. The standard InChI is InChI=1S/2C6H7NO2.C2H4O2/c2*1-3-5(8)7-6(9)4-2;3-1-2-4/h2*3-4H,1-2H2,(H,7,8,9);1-4H. The topological polar surface area (TPSA) is 133 Å². The van der Waals surface area contributed by atoms with E-state index in [2.05, 4.69) is 26.3 Å². The van der Waals surface area contributed by atoms with Gasteiger partial charge in [0.1, 0.15) is 12.5 Å². The van der Waals surface area contributed by atoms with E-state index in [1.165, 1.54) is 0 Å². The Labute approximate surface area is 127 Å². The average molecular weight is 310 g/mol. The number of carbonyl (C=O) groups excluding carboxylic acids is 4. The first-order chi connectivity index (χ1) is 10.3. The van der Waals surface area contributed by atoms with E-state index in [0.29, 0.717) is 12.5 Å². The van der Waals surface area contributed by atoms with Gasteiger partial charge in [-0.15, -0.1) is 0 Å². The molecule has 0 aromatic heterocycles. The second-order valence-electron chi connectivity index (χ2n) is 2.82. The molecule has 0 saturated heterocycles. The molecular formula is C14H18N2O6. The largest absolute Gasteiger partial charge is 0.512 e. The number of amides is 4. The SMILES string of the molecule is C=CC(=O)NC(=O)C=C.C=CC(=O)NC(=O)C=C.OC=CO. The second-order valence-corrected chi connectivity index (χ2v) is 2.82. The predicted molar refractivity (Wildman–Crippen MR) is 81.5 cm³/mol. The normalized spacial score (nSPS) is 7.82. The Morgan fingerprint density at radius 1 is 0.591 bits per heavy atom. The molecule has 0 aromatic rings. The minimum absolute atomic E-state index is 0.514. The van der Waals surface area contributed by atoms with Gasteiger partial charge in [0.2, 0.25) is 23.6 Å². The third kappa shape index (κ3) is 21.8. The van der Waals surface area contributed by atoms with Crippen molar-refractivity contribution < 1.29 is 29.4 Å². The highest BCUT2D eigenvalue weighted by Gasteiger charge is 1.96. The first-order valence-corrected chi connectivity index (χ1v) is 5.45. The highest BCUT2D eigenvalue weighted by Crippen LogP contribution is 1.69. The molecule has 0 spiro atoms. The molecule has 8 nitrogen and oxygen atoms in total. The molecule has 0 radical (unpaired) electrons. The van der Waals surface area contributed by atoms with E-state index in [-0.39, 0.29) is 0 Å². The Kier molecular flexibility index (Phi) is 18.9. The van der Waals surface area contributed by atoms with Gasteiger partial charge >= 0.3 is 0 Å². The van der Waals surface area contributed by atoms with Crippen LogP contribution >= 0.6 is 0 Å². The van der Waals surface area contributed by atoms with Crippen molar-refractivity contribution in [3.63, 3.8) is 0 Å². The van der Waals surface area contributed by atoms with Crippen LogP contribution in [0.15, 0.2) is 63.1 Å². The fourth-order valence-corrected chi connectivity index (χ4v) is 0.447. The second kappa shape index (κ2) is 17.6. The van der Waals surface area contributed by atoms with Gasteiger partial charge in [0.05, 0.1) is 0 Å². The highest BCUT2D eigenvalue weighted by atomic mass is 16.3. The van der Waals surface area contributed by atoms with Gasteiger partial charge in [-0.2, -0.15) is 0 Å². The quantitative estimate of drug-likeness (QED) is 0.443. The van der Waals surface area contributed by atoms with Crippen LogP contribution in [-0.2, 0) is 19.2 Å². The number of carbonyl (C=O) groups is 4. The number of aliphatic hydroxyl groups excluding tert-OH is 2. The average Bonchev–Trinajstić information content (AvgIpc) is 2.54. The first kappa shape index (κ1) is 23.7. The van der Waals surface area contributed by atoms with E-state index >= 15 is 0 Å². The van der Waals surface area contributed by atoms with Gasteiger partial charge in [0.25, 0.3) is 0 Å². The van der Waals surface area contributed by atoms with E-state index in [0.717, 1.165) is 24.3 Å². The smallest absolute Gasteiger partial charge is 0.250 e. The molecule has 0 aliphatic carbocycles. The monoisotopic (exact) mass is 310 g/mol. The molecule has 0 aliphatic heterocycles. The number of imide groups is 2.